The van der Waals surface area contributed by atoms with E-state index in [0.717, 1.165) is 16.5 Å². The maximum absolute atomic E-state index is 11.7. The fraction of sp³-hybridized carbons (Fsp3) is 0.381. The second-order valence-electron chi connectivity index (χ2n) is 7.33. The molecule has 0 aliphatic carbocycles. The monoisotopic (exact) mass is 495 g/mol. The predicted octanol–water partition coefficient (Wildman–Crippen LogP) is -1.96. The van der Waals surface area contributed by atoms with Gasteiger partial charge in [-0.05, 0) is 24.5 Å². The van der Waals surface area contributed by atoms with Gasteiger partial charge in [-0.3, -0.25) is 19.4 Å². The van der Waals surface area contributed by atoms with E-state index in [1.54, 1.807) is 6.20 Å². The fourth-order valence-electron chi connectivity index (χ4n) is 2.81. The van der Waals surface area contributed by atoms with Crippen LogP contribution in [-0.2, 0) is 25.6 Å². The Balaban J connectivity index is 0.000000764. The van der Waals surface area contributed by atoms with Crippen LogP contribution in [0, 0.1) is 0 Å². The molecule has 2 atom stereocenters. The standard InChI is InChI=1S/C15H17N3O4.C6H14N4O2.H2O/c1-9(19)16-8-14(20)18-13(15(21)22)6-10-7-17-12-5-3-2-4-11(10)12;7-4(5(11)12)2-1-3-10-6(8)9;/h2-5,7,13,17H,6,8H2,1H3,(H,16,19)(H,18,20)(H,21,22);4H,1-3,7H2,(H,11,12)(H4,8,9,10);1H2/t13-;4-;/m00./s1. The molecule has 0 saturated carbocycles. The number of nitrogens with one attached hydrogen (secondary N) is 3. The smallest absolute Gasteiger partial charge is 0.326 e. The molecule has 13 N–H and O–H groups in total. The van der Waals surface area contributed by atoms with E-state index in [-0.39, 0.29) is 30.3 Å². The van der Waals surface area contributed by atoms with Gasteiger partial charge in [0.1, 0.15) is 12.1 Å². The summed E-state index contributed by atoms with van der Waals surface area (Å²) in [7, 11) is 0. The zero-order valence-corrected chi connectivity index (χ0v) is 19.3. The molecule has 1 aromatic heterocycles. The summed E-state index contributed by atoms with van der Waals surface area (Å²) < 4.78 is 0. The van der Waals surface area contributed by atoms with Crippen LogP contribution >= 0.6 is 0 Å². The summed E-state index contributed by atoms with van der Waals surface area (Å²) in [5.74, 6) is -3.00. The van der Waals surface area contributed by atoms with Crippen molar-refractivity contribution in [1.82, 2.24) is 15.6 Å². The van der Waals surface area contributed by atoms with E-state index >= 15 is 0 Å². The van der Waals surface area contributed by atoms with Crippen molar-refractivity contribution in [3.63, 3.8) is 0 Å². The van der Waals surface area contributed by atoms with Crippen LogP contribution in [0.4, 0.5) is 0 Å². The van der Waals surface area contributed by atoms with Crippen LogP contribution in [0.2, 0.25) is 0 Å². The highest BCUT2D eigenvalue weighted by Gasteiger charge is 2.21. The number of H-pyrrole nitrogens is 1. The van der Waals surface area contributed by atoms with Gasteiger partial charge >= 0.3 is 11.9 Å². The highest BCUT2D eigenvalue weighted by Crippen LogP contribution is 2.19. The number of carboxylic acid groups (broad SMARTS) is 2. The molecule has 0 bridgehead atoms. The molecule has 1 aromatic carbocycles. The number of hydrogen-bond donors (Lipinski definition) is 8. The van der Waals surface area contributed by atoms with Gasteiger partial charge in [-0.15, -0.1) is 0 Å². The zero-order chi connectivity index (χ0) is 25.7. The molecule has 2 amide bonds. The Bertz CT molecular complexity index is 1020. The van der Waals surface area contributed by atoms with Gasteiger partial charge in [-0.2, -0.15) is 0 Å². The van der Waals surface area contributed by atoms with Crippen LogP contribution in [-0.4, -0.2) is 75.6 Å². The molecule has 14 heteroatoms. The lowest BCUT2D eigenvalue weighted by molar-refractivity contribution is -0.141. The number of aliphatic carboxylic acids is 2. The number of aliphatic imine (C=N–C) groups is 1. The minimum absolute atomic E-state index is 0. The van der Waals surface area contributed by atoms with Crippen molar-refractivity contribution in [3.8, 4) is 0 Å². The molecule has 0 aliphatic heterocycles. The lowest BCUT2D eigenvalue weighted by atomic mass is 10.1. The van der Waals surface area contributed by atoms with Crippen molar-refractivity contribution >= 4 is 40.6 Å². The Morgan fingerprint density at radius 1 is 1.11 bits per heavy atom. The minimum atomic E-state index is -1.12. The van der Waals surface area contributed by atoms with E-state index in [2.05, 4.69) is 20.6 Å². The summed E-state index contributed by atoms with van der Waals surface area (Å²) in [5.41, 5.74) is 17.0. The molecule has 0 spiro atoms. The van der Waals surface area contributed by atoms with Crippen molar-refractivity contribution < 1.29 is 34.9 Å². The Hall–Kier alpha value is -4.17. The number of para-hydroxylation sites is 1. The number of nitrogens with two attached hydrogens (primary N) is 3. The Labute approximate surface area is 201 Å². The van der Waals surface area contributed by atoms with Crippen LogP contribution in [0.3, 0.4) is 0 Å². The average Bonchev–Trinajstić information content (AvgIpc) is 3.17. The Kier molecular flexibility index (Phi) is 13.8. The summed E-state index contributed by atoms with van der Waals surface area (Å²) in [6, 6.07) is 5.65. The maximum atomic E-state index is 11.7. The number of aromatic amines is 1. The Morgan fingerprint density at radius 2 is 1.77 bits per heavy atom. The fourth-order valence-corrected chi connectivity index (χ4v) is 2.81. The maximum Gasteiger partial charge on any atom is 0.326 e. The molecule has 2 aromatic rings. The van der Waals surface area contributed by atoms with Crippen LogP contribution in [0.15, 0.2) is 35.5 Å². The lowest BCUT2D eigenvalue weighted by Crippen LogP contribution is -2.46. The van der Waals surface area contributed by atoms with Gasteiger partial charge < -0.3 is 48.5 Å². The second kappa shape index (κ2) is 15.6. The quantitative estimate of drug-likeness (QED) is 0.0974. The first-order valence-corrected chi connectivity index (χ1v) is 10.4. The second-order valence-corrected chi connectivity index (χ2v) is 7.33. The molecule has 194 valence electrons. The summed E-state index contributed by atoms with van der Waals surface area (Å²) in [6.45, 7) is 1.46. The van der Waals surface area contributed by atoms with Crippen LogP contribution in [0.1, 0.15) is 25.3 Å². The number of nitrogens with zero attached hydrogens (tertiary/aromatic N) is 1. The van der Waals surface area contributed by atoms with Crippen molar-refractivity contribution in [2.75, 3.05) is 13.1 Å². The molecular formula is C21H33N7O7. The van der Waals surface area contributed by atoms with Crippen molar-refractivity contribution in [1.29, 1.82) is 0 Å². The number of fused-ring (bicyclic) bond motifs is 1. The number of amides is 2. The zero-order valence-electron chi connectivity index (χ0n) is 19.3. The minimum Gasteiger partial charge on any atom is -0.480 e. The van der Waals surface area contributed by atoms with Crippen LogP contribution in [0.25, 0.3) is 10.9 Å². The van der Waals surface area contributed by atoms with E-state index < -0.39 is 29.9 Å². The molecule has 0 fully saturated rings. The predicted molar refractivity (Wildman–Crippen MR) is 129 cm³/mol. The summed E-state index contributed by atoms with van der Waals surface area (Å²) in [4.78, 5) is 50.7. The normalized spacial score (nSPS) is 11.6. The number of benzene rings is 1. The number of aromatic nitrogens is 1. The summed E-state index contributed by atoms with van der Waals surface area (Å²) in [6.07, 6.45) is 2.85. The van der Waals surface area contributed by atoms with Crippen molar-refractivity contribution in [3.05, 3.63) is 36.0 Å². The highest BCUT2D eigenvalue weighted by atomic mass is 16.4. The van der Waals surface area contributed by atoms with Gasteiger partial charge in [0.25, 0.3) is 0 Å². The van der Waals surface area contributed by atoms with Gasteiger partial charge in [-0.1, -0.05) is 18.2 Å². The van der Waals surface area contributed by atoms with E-state index in [1.165, 1.54) is 6.92 Å². The topological polar surface area (TPSA) is 271 Å². The summed E-state index contributed by atoms with van der Waals surface area (Å²) in [5, 5.41) is 23.3. The first-order chi connectivity index (χ1) is 16.0. The number of hydrogen-bond acceptors (Lipinski definition) is 6. The number of rotatable bonds is 11. The molecular weight excluding hydrogens is 462 g/mol. The van der Waals surface area contributed by atoms with E-state index in [4.69, 9.17) is 22.3 Å². The van der Waals surface area contributed by atoms with Crippen molar-refractivity contribution in [2.45, 2.75) is 38.3 Å². The SMILES string of the molecule is CC(=O)NCC(=O)N[C@@H](Cc1c[nH]c2ccccc12)C(=O)O.NC(N)=NCCC[C@H](N)C(=O)O.O. The van der Waals surface area contributed by atoms with Crippen LogP contribution < -0.4 is 27.8 Å². The van der Waals surface area contributed by atoms with E-state index in [9.17, 15) is 24.3 Å². The highest BCUT2D eigenvalue weighted by molar-refractivity contribution is 5.88. The first-order valence-electron chi connectivity index (χ1n) is 10.4. The number of carbonyl (C=O) groups excluding carboxylic acids is 2. The third-order valence-electron chi connectivity index (χ3n) is 4.51. The Morgan fingerprint density at radius 3 is 2.34 bits per heavy atom. The third kappa shape index (κ3) is 12.0. The molecule has 2 rings (SSSR count). The van der Waals surface area contributed by atoms with E-state index in [0.29, 0.717) is 19.4 Å². The molecule has 35 heavy (non-hydrogen) atoms. The molecule has 0 radical (unpaired) electrons. The molecule has 1 heterocycles. The summed E-state index contributed by atoms with van der Waals surface area (Å²) >= 11 is 0. The number of guanidine groups is 1. The van der Waals surface area contributed by atoms with Gasteiger partial charge in [0, 0.05) is 37.0 Å². The largest absolute Gasteiger partial charge is 0.480 e. The van der Waals surface area contributed by atoms with E-state index in [1.807, 2.05) is 24.3 Å². The molecule has 0 unspecified atom stereocenters. The van der Waals surface area contributed by atoms with Crippen LogP contribution in [0.5, 0.6) is 0 Å². The number of carbonyl (C=O) groups is 4. The molecule has 0 aliphatic rings. The van der Waals surface area contributed by atoms with Gasteiger partial charge in [-0.25, -0.2) is 4.79 Å². The average molecular weight is 496 g/mol. The molecule has 0 saturated heterocycles. The van der Waals surface area contributed by atoms with Gasteiger partial charge in [0.05, 0.1) is 6.54 Å². The van der Waals surface area contributed by atoms with Gasteiger partial charge in [0.2, 0.25) is 11.8 Å². The first kappa shape index (κ1) is 30.8. The van der Waals surface area contributed by atoms with Crippen molar-refractivity contribution in [2.24, 2.45) is 22.2 Å². The molecule has 14 nitrogen and oxygen atoms in total. The lowest BCUT2D eigenvalue weighted by Gasteiger charge is -2.14. The van der Waals surface area contributed by atoms with Gasteiger partial charge in [0.15, 0.2) is 5.96 Å². The number of carboxylic acids is 2. The third-order valence-corrected chi connectivity index (χ3v) is 4.51.